The average molecular weight is 158 g/mol. The number of rotatable bonds is 1. The Kier molecular flexibility index (Phi) is 1.63. The molecule has 0 amide bonds. The Labute approximate surface area is 64.1 Å². The highest BCUT2D eigenvalue weighted by Gasteiger charge is 2.07. The maximum atomic E-state index is 10.8. The third kappa shape index (κ3) is 1.33. The molecule has 0 fully saturated rings. The van der Waals surface area contributed by atoms with Crippen LogP contribution in [0.1, 0.15) is 16.9 Å². The Morgan fingerprint density at radius 2 is 2.70 bits per heavy atom. The lowest BCUT2D eigenvalue weighted by molar-refractivity contribution is 0.0595. The third-order valence-electron chi connectivity index (χ3n) is 0.943. The zero-order valence-electron chi connectivity index (χ0n) is 6.67. The molecule has 1 heterocycles. The molecular formula is C6H7NO2S. The van der Waals surface area contributed by atoms with Crippen LogP contribution in [0.4, 0.5) is 0 Å². The number of hydrogen-bond donors (Lipinski definition) is 0. The summed E-state index contributed by atoms with van der Waals surface area (Å²) in [7, 11) is 1.27. The number of aromatic nitrogens is 1. The summed E-state index contributed by atoms with van der Waals surface area (Å²) in [4.78, 5) is 14.7. The van der Waals surface area contributed by atoms with E-state index in [4.69, 9.17) is 1.37 Å². The fourth-order valence-corrected chi connectivity index (χ4v) is 1.02. The van der Waals surface area contributed by atoms with E-state index >= 15 is 0 Å². The van der Waals surface area contributed by atoms with Gasteiger partial charge in [-0.15, -0.1) is 11.3 Å². The van der Waals surface area contributed by atoms with Gasteiger partial charge in [0.2, 0.25) is 0 Å². The summed E-state index contributed by atoms with van der Waals surface area (Å²) < 4.78 is 11.7. The van der Waals surface area contributed by atoms with Crippen molar-refractivity contribution in [3.05, 3.63) is 16.1 Å². The molecule has 0 aromatic carbocycles. The number of esters is 1. The van der Waals surface area contributed by atoms with Crippen molar-refractivity contribution in [3.8, 4) is 0 Å². The van der Waals surface area contributed by atoms with Gasteiger partial charge in [0.15, 0.2) is 5.69 Å². The van der Waals surface area contributed by atoms with Crippen molar-refractivity contribution in [3.63, 3.8) is 0 Å². The number of ether oxygens (including phenoxy) is 1. The normalized spacial score (nSPS) is 10.8. The lowest BCUT2D eigenvalue weighted by Crippen LogP contribution is -2.00. The number of thiazole rings is 1. The van der Waals surface area contributed by atoms with Crippen LogP contribution in [0.15, 0.2) is 5.36 Å². The predicted octanol–water partition coefficient (Wildman–Crippen LogP) is 1.24. The quantitative estimate of drug-likeness (QED) is 0.577. The molecule has 0 saturated heterocycles. The number of carbonyl (C=O) groups is 1. The molecule has 54 valence electrons. The standard InChI is InChI=1S/C6H7NO2S/c1-4-7-5(3-10-4)6(8)9-2/h3H,1-2H3/i3D. The second-order valence-electron chi connectivity index (χ2n) is 1.68. The van der Waals surface area contributed by atoms with Crippen LogP contribution in [-0.4, -0.2) is 18.1 Å². The summed E-state index contributed by atoms with van der Waals surface area (Å²) in [6.07, 6.45) is 0. The molecule has 0 N–H and O–H groups in total. The van der Waals surface area contributed by atoms with Gasteiger partial charge in [0.25, 0.3) is 0 Å². The lowest BCUT2D eigenvalue weighted by Gasteiger charge is -1.89. The average Bonchev–Trinajstić information content (AvgIpc) is 2.28. The molecule has 0 atom stereocenters. The Bertz CT molecular complexity index is 284. The molecule has 0 unspecified atom stereocenters. The zero-order valence-corrected chi connectivity index (χ0v) is 6.49. The highest BCUT2D eigenvalue weighted by atomic mass is 32.1. The number of methoxy groups -OCH3 is 1. The van der Waals surface area contributed by atoms with Crippen LogP contribution < -0.4 is 0 Å². The van der Waals surface area contributed by atoms with Gasteiger partial charge in [-0.3, -0.25) is 0 Å². The molecule has 0 bridgehead atoms. The molecule has 10 heavy (non-hydrogen) atoms. The first kappa shape index (κ1) is 5.85. The van der Waals surface area contributed by atoms with Gasteiger partial charge < -0.3 is 4.74 Å². The first-order valence-electron chi connectivity index (χ1n) is 3.17. The highest BCUT2D eigenvalue weighted by molar-refractivity contribution is 7.09. The van der Waals surface area contributed by atoms with E-state index in [0.29, 0.717) is 5.01 Å². The molecule has 0 aliphatic heterocycles. The molecule has 1 rings (SSSR count). The van der Waals surface area contributed by atoms with Crippen molar-refractivity contribution in [2.75, 3.05) is 7.11 Å². The van der Waals surface area contributed by atoms with Crippen LogP contribution in [-0.2, 0) is 4.74 Å². The third-order valence-corrected chi connectivity index (χ3v) is 1.63. The number of nitrogens with zero attached hydrogens (tertiary/aromatic N) is 1. The molecule has 3 nitrogen and oxygen atoms in total. The summed E-state index contributed by atoms with van der Waals surface area (Å²) in [5.41, 5.74) is 0.106. The second-order valence-corrected chi connectivity index (χ2v) is 2.67. The SMILES string of the molecule is [2H]c1sc(C)nc1C(=O)OC. The topological polar surface area (TPSA) is 39.2 Å². The molecule has 0 radical (unpaired) electrons. The largest absolute Gasteiger partial charge is 0.464 e. The maximum absolute atomic E-state index is 10.8. The van der Waals surface area contributed by atoms with Crippen LogP contribution in [0.25, 0.3) is 0 Å². The molecule has 0 aliphatic rings. The summed E-state index contributed by atoms with van der Waals surface area (Å²) >= 11 is 1.17. The molecular weight excluding hydrogens is 150 g/mol. The number of carbonyl (C=O) groups excluding carboxylic acids is 1. The van der Waals surface area contributed by atoms with Crippen LogP contribution in [0.2, 0.25) is 0 Å². The minimum absolute atomic E-state index is 0.106. The summed E-state index contributed by atoms with van der Waals surface area (Å²) in [5.74, 6) is -0.542. The van der Waals surface area contributed by atoms with E-state index in [1.165, 1.54) is 18.4 Å². The molecule has 1 aromatic rings. The minimum atomic E-state index is -0.542. The lowest BCUT2D eigenvalue weighted by atomic mass is 10.5. The molecule has 0 spiro atoms. The fourth-order valence-electron chi connectivity index (χ4n) is 0.509. The van der Waals surface area contributed by atoms with Gasteiger partial charge in [-0.1, -0.05) is 0 Å². The van der Waals surface area contributed by atoms with Gasteiger partial charge in [-0.2, -0.15) is 0 Å². The maximum Gasteiger partial charge on any atom is 0.357 e. The molecule has 4 heteroatoms. The fraction of sp³-hybridized carbons (Fsp3) is 0.333. The number of aryl methyl sites for hydroxylation is 1. The Balaban J connectivity index is 3.03. The van der Waals surface area contributed by atoms with Gasteiger partial charge in [-0.05, 0) is 6.92 Å². The van der Waals surface area contributed by atoms with Crippen LogP contribution >= 0.6 is 11.3 Å². The monoisotopic (exact) mass is 158 g/mol. The van der Waals surface area contributed by atoms with Gasteiger partial charge >= 0.3 is 5.97 Å². The minimum Gasteiger partial charge on any atom is -0.464 e. The second kappa shape index (κ2) is 2.79. The van der Waals surface area contributed by atoms with Crippen molar-refractivity contribution >= 4 is 17.3 Å². The Hall–Kier alpha value is -0.900. The van der Waals surface area contributed by atoms with Crippen molar-refractivity contribution < 1.29 is 10.9 Å². The van der Waals surface area contributed by atoms with E-state index in [1.807, 2.05) is 0 Å². The van der Waals surface area contributed by atoms with Gasteiger partial charge in [0.05, 0.1) is 13.5 Å². The van der Waals surface area contributed by atoms with E-state index in [9.17, 15) is 4.79 Å². The van der Waals surface area contributed by atoms with Crippen molar-refractivity contribution in [1.29, 1.82) is 0 Å². The molecule has 0 aliphatic carbocycles. The molecule has 0 saturated carbocycles. The van der Waals surface area contributed by atoms with Crippen molar-refractivity contribution in [2.45, 2.75) is 6.92 Å². The summed E-state index contributed by atoms with van der Waals surface area (Å²) in [6.45, 7) is 1.75. The first-order valence-corrected chi connectivity index (χ1v) is 3.49. The van der Waals surface area contributed by atoms with E-state index in [-0.39, 0.29) is 11.1 Å². The predicted molar refractivity (Wildman–Crippen MR) is 38.2 cm³/mol. The van der Waals surface area contributed by atoms with E-state index in [2.05, 4.69) is 9.72 Å². The smallest absolute Gasteiger partial charge is 0.357 e. The van der Waals surface area contributed by atoms with Gasteiger partial charge in [-0.25, -0.2) is 9.78 Å². The van der Waals surface area contributed by atoms with Crippen molar-refractivity contribution in [1.82, 2.24) is 4.98 Å². The van der Waals surface area contributed by atoms with E-state index in [0.717, 1.165) is 0 Å². The summed E-state index contributed by atoms with van der Waals surface area (Å²) in [5, 5.41) is 0.866. The van der Waals surface area contributed by atoms with Crippen LogP contribution in [0, 0.1) is 6.92 Å². The van der Waals surface area contributed by atoms with Crippen LogP contribution in [0.5, 0.6) is 0 Å². The van der Waals surface area contributed by atoms with Crippen LogP contribution in [0.3, 0.4) is 0 Å². The van der Waals surface area contributed by atoms with Gasteiger partial charge in [0.1, 0.15) is 0 Å². The first-order chi connectivity index (χ1) is 5.15. The van der Waals surface area contributed by atoms with Crippen molar-refractivity contribution in [2.24, 2.45) is 0 Å². The Morgan fingerprint density at radius 1 is 2.00 bits per heavy atom. The van der Waals surface area contributed by atoms with E-state index < -0.39 is 5.97 Å². The zero-order chi connectivity index (χ0) is 8.43. The highest BCUT2D eigenvalue weighted by Crippen LogP contribution is 2.08. The summed E-state index contributed by atoms with van der Waals surface area (Å²) in [6, 6.07) is 0. The molecule has 1 aromatic heterocycles. The Morgan fingerprint density at radius 3 is 3.10 bits per heavy atom. The number of hydrogen-bond acceptors (Lipinski definition) is 4. The van der Waals surface area contributed by atoms with E-state index in [1.54, 1.807) is 6.92 Å². The van der Waals surface area contributed by atoms with Gasteiger partial charge in [0, 0.05) is 5.36 Å².